The zero-order valence-corrected chi connectivity index (χ0v) is 15.4. The highest BCUT2D eigenvalue weighted by molar-refractivity contribution is 9.10. The van der Waals surface area contributed by atoms with Crippen LogP contribution >= 0.6 is 15.9 Å². The van der Waals surface area contributed by atoms with Crippen molar-refractivity contribution in [2.45, 2.75) is 51.0 Å². The lowest BCUT2D eigenvalue weighted by atomic mass is 9.83. The summed E-state index contributed by atoms with van der Waals surface area (Å²) < 4.78 is 1.01. The molecule has 1 heterocycles. The first-order valence-corrected chi connectivity index (χ1v) is 9.80. The largest absolute Gasteiger partial charge is 0.349 e. The molecular formula is C19H27BrN2O. The number of carbonyl (C=O) groups is 1. The zero-order chi connectivity index (χ0) is 16.1. The minimum atomic E-state index is 0.0769. The molecule has 23 heavy (non-hydrogen) atoms. The highest BCUT2D eigenvalue weighted by Crippen LogP contribution is 2.26. The first-order valence-electron chi connectivity index (χ1n) is 9.01. The van der Waals surface area contributed by atoms with Gasteiger partial charge in [-0.25, -0.2) is 0 Å². The van der Waals surface area contributed by atoms with Crippen LogP contribution in [0.4, 0.5) is 0 Å². The van der Waals surface area contributed by atoms with E-state index in [-0.39, 0.29) is 5.91 Å². The fourth-order valence-electron chi connectivity index (χ4n) is 3.94. The van der Waals surface area contributed by atoms with E-state index in [0.717, 1.165) is 23.0 Å². The van der Waals surface area contributed by atoms with E-state index in [1.54, 1.807) is 0 Å². The maximum atomic E-state index is 12.5. The van der Waals surface area contributed by atoms with E-state index in [1.165, 1.54) is 51.6 Å². The van der Waals surface area contributed by atoms with Gasteiger partial charge in [0.1, 0.15) is 0 Å². The van der Waals surface area contributed by atoms with Crippen molar-refractivity contribution < 1.29 is 4.79 Å². The molecule has 0 spiro atoms. The number of halogens is 1. The van der Waals surface area contributed by atoms with Gasteiger partial charge < -0.3 is 10.2 Å². The van der Waals surface area contributed by atoms with Crippen LogP contribution in [0.5, 0.6) is 0 Å². The molecule has 0 aromatic heterocycles. The topological polar surface area (TPSA) is 32.3 Å². The van der Waals surface area contributed by atoms with Crippen LogP contribution in [0.3, 0.4) is 0 Å². The van der Waals surface area contributed by atoms with E-state index in [1.807, 2.05) is 24.3 Å². The van der Waals surface area contributed by atoms with Crippen LogP contribution in [0.1, 0.15) is 55.3 Å². The monoisotopic (exact) mass is 378 g/mol. The molecule has 1 unspecified atom stereocenters. The van der Waals surface area contributed by atoms with Crippen LogP contribution in [-0.4, -0.2) is 36.5 Å². The number of rotatable bonds is 4. The number of hydrogen-bond acceptors (Lipinski definition) is 2. The molecule has 126 valence electrons. The molecule has 0 radical (unpaired) electrons. The van der Waals surface area contributed by atoms with Gasteiger partial charge in [0.05, 0.1) is 0 Å². The van der Waals surface area contributed by atoms with Crippen molar-refractivity contribution in [3.63, 3.8) is 0 Å². The van der Waals surface area contributed by atoms with Crippen LogP contribution < -0.4 is 5.32 Å². The van der Waals surface area contributed by atoms with Gasteiger partial charge >= 0.3 is 0 Å². The van der Waals surface area contributed by atoms with Gasteiger partial charge in [-0.3, -0.25) is 4.79 Å². The van der Waals surface area contributed by atoms with Crippen molar-refractivity contribution in [3.8, 4) is 0 Å². The second kappa shape index (κ2) is 8.29. The first-order chi connectivity index (χ1) is 11.2. The maximum Gasteiger partial charge on any atom is 0.251 e. The van der Waals surface area contributed by atoms with Crippen molar-refractivity contribution in [2.75, 3.05) is 19.6 Å². The minimum absolute atomic E-state index is 0.0769. The standard InChI is InChI=1S/C19H27BrN2O/c20-17-10-8-15(9-11-17)19(23)21-18-7-3-2-6-16(18)14-22-12-4-1-5-13-22/h8-11,16,18H,1-7,12-14H2,(H,21,23)/t16-,18?/m0/s1. The highest BCUT2D eigenvalue weighted by atomic mass is 79.9. The Morgan fingerprint density at radius 1 is 1.04 bits per heavy atom. The van der Waals surface area contributed by atoms with E-state index >= 15 is 0 Å². The van der Waals surface area contributed by atoms with Crippen molar-refractivity contribution >= 4 is 21.8 Å². The number of hydrogen-bond donors (Lipinski definition) is 1. The molecular weight excluding hydrogens is 352 g/mol. The Balaban J connectivity index is 1.59. The molecule has 2 atom stereocenters. The number of piperidine rings is 1. The zero-order valence-electron chi connectivity index (χ0n) is 13.8. The van der Waals surface area contributed by atoms with Gasteiger partial charge in [0.15, 0.2) is 0 Å². The molecule has 1 aliphatic carbocycles. The van der Waals surface area contributed by atoms with Crippen molar-refractivity contribution in [1.29, 1.82) is 0 Å². The van der Waals surface area contributed by atoms with Crippen LogP contribution in [-0.2, 0) is 0 Å². The number of amides is 1. The summed E-state index contributed by atoms with van der Waals surface area (Å²) in [5, 5.41) is 3.31. The molecule has 1 saturated carbocycles. The third-order valence-electron chi connectivity index (χ3n) is 5.27. The predicted molar refractivity (Wildman–Crippen MR) is 97.6 cm³/mol. The summed E-state index contributed by atoms with van der Waals surface area (Å²) in [6.07, 6.45) is 8.98. The molecule has 1 N–H and O–H groups in total. The molecule has 1 saturated heterocycles. The fraction of sp³-hybridized carbons (Fsp3) is 0.632. The SMILES string of the molecule is O=C(NC1CCCC[C@H]1CN1CCCCC1)c1ccc(Br)cc1. The molecule has 3 nitrogen and oxygen atoms in total. The van der Waals surface area contributed by atoms with Crippen LogP contribution in [0.2, 0.25) is 0 Å². The normalized spacial score (nSPS) is 26.0. The van der Waals surface area contributed by atoms with Crippen LogP contribution in [0.15, 0.2) is 28.7 Å². The maximum absolute atomic E-state index is 12.5. The van der Waals surface area contributed by atoms with Crippen molar-refractivity contribution in [1.82, 2.24) is 10.2 Å². The molecule has 1 aliphatic heterocycles. The second-order valence-electron chi connectivity index (χ2n) is 6.99. The number of nitrogens with zero attached hydrogens (tertiary/aromatic N) is 1. The number of carbonyl (C=O) groups excluding carboxylic acids is 1. The Morgan fingerprint density at radius 3 is 2.48 bits per heavy atom. The molecule has 2 aliphatic rings. The van der Waals surface area contributed by atoms with Gasteiger partial charge in [-0.2, -0.15) is 0 Å². The quantitative estimate of drug-likeness (QED) is 0.850. The Morgan fingerprint density at radius 2 is 1.74 bits per heavy atom. The molecule has 1 aromatic rings. The van der Waals surface area contributed by atoms with Gasteiger partial charge in [-0.15, -0.1) is 0 Å². The first kappa shape index (κ1) is 17.0. The smallest absolute Gasteiger partial charge is 0.251 e. The van der Waals surface area contributed by atoms with E-state index in [9.17, 15) is 4.79 Å². The van der Waals surface area contributed by atoms with Gasteiger partial charge in [0.2, 0.25) is 0 Å². The van der Waals surface area contributed by atoms with Crippen molar-refractivity contribution in [3.05, 3.63) is 34.3 Å². The lowest BCUT2D eigenvalue weighted by Gasteiger charge is -2.37. The average molecular weight is 379 g/mol. The Bertz CT molecular complexity index is 511. The van der Waals surface area contributed by atoms with E-state index in [2.05, 4.69) is 26.1 Å². The van der Waals surface area contributed by atoms with E-state index in [4.69, 9.17) is 0 Å². The van der Waals surface area contributed by atoms with E-state index < -0.39 is 0 Å². The molecule has 2 fully saturated rings. The average Bonchev–Trinajstić information content (AvgIpc) is 2.58. The van der Waals surface area contributed by atoms with Gasteiger partial charge in [-0.1, -0.05) is 35.2 Å². The Hall–Kier alpha value is -0.870. The lowest BCUT2D eigenvalue weighted by Crippen LogP contribution is -2.47. The Labute approximate surface area is 148 Å². The molecule has 1 aromatic carbocycles. The summed E-state index contributed by atoms with van der Waals surface area (Å²) in [5.74, 6) is 0.689. The second-order valence-corrected chi connectivity index (χ2v) is 7.91. The molecule has 1 amide bonds. The number of likely N-dealkylation sites (tertiary alicyclic amines) is 1. The van der Waals surface area contributed by atoms with Crippen LogP contribution in [0, 0.1) is 5.92 Å². The highest BCUT2D eigenvalue weighted by Gasteiger charge is 2.28. The summed E-state index contributed by atoms with van der Waals surface area (Å²) in [6, 6.07) is 7.98. The third-order valence-corrected chi connectivity index (χ3v) is 5.80. The summed E-state index contributed by atoms with van der Waals surface area (Å²) in [4.78, 5) is 15.1. The van der Waals surface area contributed by atoms with Gasteiger partial charge in [0.25, 0.3) is 5.91 Å². The van der Waals surface area contributed by atoms with Gasteiger partial charge in [-0.05, 0) is 69.0 Å². The van der Waals surface area contributed by atoms with E-state index in [0.29, 0.717) is 12.0 Å². The summed E-state index contributed by atoms with van der Waals surface area (Å²) >= 11 is 3.42. The third kappa shape index (κ3) is 4.80. The predicted octanol–water partition coefficient (Wildman–Crippen LogP) is 4.22. The van der Waals surface area contributed by atoms with Crippen molar-refractivity contribution in [2.24, 2.45) is 5.92 Å². The molecule has 0 bridgehead atoms. The fourth-order valence-corrected chi connectivity index (χ4v) is 4.21. The number of nitrogens with one attached hydrogen (secondary N) is 1. The molecule has 3 rings (SSSR count). The van der Waals surface area contributed by atoms with Gasteiger partial charge in [0, 0.05) is 22.6 Å². The minimum Gasteiger partial charge on any atom is -0.349 e. The lowest BCUT2D eigenvalue weighted by molar-refractivity contribution is 0.0877. The van der Waals surface area contributed by atoms with Crippen LogP contribution in [0.25, 0.3) is 0 Å². The summed E-state index contributed by atoms with van der Waals surface area (Å²) in [5.41, 5.74) is 0.760. The summed E-state index contributed by atoms with van der Waals surface area (Å²) in [6.45, 7) is 3.64. The Kier molecular flexibility index (Phi) is 6.12. The summed E-state index contributed by atoms with van der Waals surface area (Å²) in [7, 11) is 0. The number of benzene rings is 1. The molecule has 4 heteroatoms.